The number of carbonyl (C=O) groups excluding carboxylic acids is 3. The van der Waals surface area contributed by atoms with Gasteiger partial charge in [-0.05, 0) is 43.4 Å². The summed E-state index contributed by atoms with van der Waals surface area (Å²) >= 11 is 1.04. The molecule has 2 saturated heterocycles. The van der Waals surface area contributed by atoms with Gasteiger partial charge in [0.2, 0.25) is 11.8 Å². The van der Waals surface area contributed by atoms with E-state index in [4.69, 9.17) is 0 Å². The van der Waals surface area contributed by atoms with Crippen LogP contribution >= 0.6 is 33.3 Å². The Morgan fingerprint density at radius 2 is 2.00 bits per heavy atom. The van der Waals surface area contributed by atoms with Crippen LogP contribution in [0.1, 0.15) is 37.7 Å². The average Bonchev–Trinajstić information content (AvgIpc) is 3.28. The van der Waals surface area contributed by atoms with Crippen LogP contribution in [-0.4, -0.2) is 40.4 Å². The summed E-state index contributed by atoms with van der Waals surface area (Å²) in [4.78, 5) is 37.0. The normalized spacial score (nSPS) is 22.1. The molecule has 3 amide bonds. The van der Waals surface area contributed by atoms with Crippen LogP contribution in [0.5, 0.6) is 0 Å². The maximum atomic E-state index is 12.4. The van der Waals surface area contributed by atoms with E-state index in [9.17, 15) is 14.4 Å². The molecule has 1 aromatic rings. The number of nitrogens with zero attached hydrogens (tertiary/aromatic N) is 1. The van der Waals surface area contributed by atoms with Gasteiger partial charge in [0.25, 0.3) is 5.24 Å². The average molecular weight is 425 g/mol. The highest BCUT2D eigenvalue weighted by molar-refractivity contribution is 8.77. The minimum Gasteiger partial charge on any atom is -0.316 e. The van der Waals surface area contributed by atoms with Gasteiger partial charge < -0.3 is 4.90 Å². The Morgan fingerprint density at radius 1 is 1.22 bits per heavy atom. The molecule has 8 heteroatoms. The number of hydrogen-bond acceptors (Lipinski definition) is 6. The van der Waals surface area contributed by atoms with E-state index >= 15 is 0 Å². The van der Waals surface area contributed by atoms with E-state index in [0.717, 1.165) is 41.1 Å². The van der Waals surface area contributed by atoms with Crippen LogP contribution in [-0.2, 0) is 16.0 Å². The molecular weight excluding hydrogens is 400 g/mol. The van der Waals surface area contributed by atoms with Crippen molar-refractivity contribution in [2.45, 2.75) is 49.0 Å². The summed E-state index contributed by atoms with van der Waals surface area (Å²) in [5, 5.41) is 2.43. The van der Waals surface area contributed by atoms with Crippen LogP contribution in [0.2, 0.25) is 0 Å². The molecule has 27 heavy (non-hydrogen) atoms. The molecule has 2 atom stereocenters. The second-order valence-electron chi connectivity index (χ2n) is 6.78. The van der Waals surface area contributed by atoms with E-state index < -0.39 is 0 Å². The molecule has 1 N–H and O–H groups in total. The lowest BCUT2D eigenvalue weighted by Crippen LogP contribution is -2.26. The molecule has 2 aliphatic rings. The van der Waals surface area contributed by atoms with Gasteiger partial charge >= 0.3 is 0 Å². The van der Waals surface area contributed by atoms with Crippen molar-refractivity contribution < 1.29 is 14.4 Å². The van der Waals surface area contributed by atoms with Gasteiger partial charge in [0, 0.05) is 30.2 Å². The first kappa shape index (κ1) is 20.6. The molecule has 146 valence electrons. The Morgan fingerprint density at radius 3 is 2.63 bits per heavy atom. The summed E-state index contributed by atoms with van der Waals surface area (Å²) in [5.74, 6) is 1.16. The summed E-state index contributed by atoms with van der Waals surface area (Å²) in [6.07, 6.45) is 5.63. The maximum absolute atomic E-state index is 12.4. The van der Waals surface area contributed by atoms with Crippen LogP contribution in [0.15, 0.2) is 24.3 Å². The quantitative estimate of drug-likeness (QED) is 0.497. The SMILES string of the molecule is CN(C(=O)CCCCC1CCSS1)c1ccc(CC2SC(=O)NC2=O)cc1. The summed E-state index contributed by atoms with van der Waals surface area (Å²) in [5.41, 5.74) is 1.83. The zero-order chi connectivity index (χ0) is 19.2. The molecule has 0 bridgehead atoms. The lowest BCUT2D eigenvalue weighted by molar-refractivity contribution is -0.119. The van der Waals surface area contributed by atoms with E-state index in [1.54, 1.807) is 11.9 Å². The number of carbonyl (C=O) groups is 3. The Kier molecular flexibility index (Phi) is 7.55. The first-order valence-corrected chi connectivity index (χ1v) is 12.4. The molecule has 0 aromatic heterocycles. The lowest BCUT2D eigenvalue weighted by Gasteiger charge is -2.18. The molecule has 2 unspecified atom stereocenters. The van der Waals surface area contributed by atoms with Crippen molar-refractivity contribution in [3.8, 4) is 0 Å². The van der Waals surface area contributed by atoms with Gasteiger partial charge in [-0.3, -0.25) is 19.7 Å². The number of nitrogens with one attached hydrogen (secondary N) is 1. The van der Waals surface area contributed by atoms with E-state index in [-0.39, 0.29) is 22.3 Å². The minimum atomic E-state index is -0.362. The standard InChI is InChI=1S/C19H24N2O3S3/c1-21(17(22)5-3-2-4-15-10-11-25-27-15)14-8-6-13(7-9-14)12-16-18(23)20-19(24)26-16/h6-9,15-16H,2-5,10-12H2,1H3,(H,20,23,24). The van der Waals surface area contributed by atoms with E-state index in [1.165, 1.54) is 18.6 Å². The van der Waals surface area contributed by atoms with Gasteiger partial charge in [0.1, 0.15) is 0 Å². The zero-order valence-corrected chi connectivity index (χ0v) is 17.8. The van der Waals surface area contributed by atoms with Crippen molar-refractivity contribution in [2.24, 2.45) is 0 Å². The minimum absolute atomic E-state index is 0.132. The molecule has 0 spiro atoms. The number of benzene rings is 1. The number of thioether (sulfide) groups is 1. The van der Waals surface area contributed by atoms with Crippen molar-refractivity contribution in [2.75, 3.05) is 17.7 Å². The van der Waals surface area contributed by atoms with E-state index in [0.29, 0.717) is 12.8 Å². The summed E-state index contributed by atoms with van der Waals surface area (Å²) in [7, 11) is 5.76. The van der Waals surface area contributed by atoms with Crippen molar-refractivity contribution in [3.05, 3.63) is 29.8 Å². The number of amides is 3. The monoisotopic (exact) mass is 424 g/mol. The molecule has 2 heterocycles. The van der Waals surface area contributed by atoms with Gasteiger partial charge in [-0.15, -0.1) is 0 Å². The Labute approximate surface area is 172 Å². The molecule has 2 fully saturated rings. The summed E-state index contributed by atoms with van der Waals surface area (Å²) in [6.45, 7) is 0. The highest BCUT2D eigenvalue weighted by atomic mass is 33.1. The van der Waals surface area contributed by atoms with Crippen molar-refractivity contribution >= 4 is 56.1 Å². The lowest BCUT2D eigenvalue weighted by atomic mass is 10.1. The van der Waals surface area contributed by atoms with Gasteiger partial charge in [0.15, 0.2) is 0 Å². The van der Waals surface area contributed by atoms with Crippen molar-refractivity contribution in [1.82, 2.24) is 5.32 Å². The number of unbranched alkanes of at least 4 members (excludes halogenated alkanes) is 1. The van der Waals surface area contributed by atoms with Gasteiger partial charge in [-0.25, -0.2) is 0 Å². The van der Waals surface area contributed by atoms with Crippen molar-refractivity contribution in [1.29, 1.82) is 0 Å². The number of anilines is 1. The van der Waals surface area contributed by atoms with Gasteiger partial charge in [-0.1, -0.05) is 51.9 Å². The topological polar surface area (TPSA) is 66.5 Å². The fraction of sp³-hybridized carbons (Fsp3) is 0.526. The molecule has 3 rings (SSSR count). The molecule has 0 radical (unpaired) electrons. The zero-order valence-electron chi connectivity index (χ0n) is 15.3. The number of hydrogen-bond donors (Lipinski definition) is 1. The second-order valence-corrected chi connectivity index (χ2v) is 10.7. The first-order chi connectivity index (χ1) is 13.0. The smallest absolute Gasteiger partial charge is 0.286 e. The maximum Gasteiger partial charge on any atom is 0.286 e. The summed E-state index contributed by atoms with van der Waals surface area (Å²) < 4.78 is 0. The molecule has 0 saturated carbocycles. The molecule has 5 nitrogen and oxygen atoms in total. The van der Waals surface area contributed by atoms with Crippen molar-refractivity contribution in [3.63, 3.8) is 0 Å². The van der Waals surface area contributed by atoms with E-state index in [2.05, 4.69) is 5.32 Å². The van der Waals surface area contributed by atoms with Crippen LogP contribution in [0.4, 0.5) is 10.5 Å². The third-order valence-corrected chi connectivity index (χ3v) is 8.77. The summed E-state index contributed by atoms with van der Waals surface area (Å²) in [6, 6.07) is 7.65. The van der Waals surface area contributed by atoms with Crippen LogP contribution in [0.3, 0.4) is 0 Å². The van der Waals surface area contributed by atoms with Gasteiger partial charge in [0.05, 0.1) is 5.25 Å². The van der Waals surface area contributed by atoms with Crippen LogP contribution in [0.25, 0.3) is 0 Å². The second kappa shape index (κ2) is 9.89. The predicted octanol–water partition coefficient (Wildman–Crippen LogP) is 4.26. The molecular formula is C19H24N2O3S3. The van der Waals surface area contributed by atoms with E-state index in [1.807, 2.05) is 45.9 Å². The fourth-order valence-electron chi connectivity index (χ4n) is 3.12. The third-order valence-electron chi connectivity index (χ3n) is 4.78. The highest BCUT2D eigenvalue weighted by Crippen LogP contribution is 2.39. The predicted molar refractivity (Wildman–Crippen MR) is 115 cm³/mol. The Balaban J connectivity index is 1.43. The third kappa shape index (κ3) is 5.93. The molecule has 2 aliphatic heterocycles. The largest absolute Gasteiger partial charge is 0.316 e. The Hall–Kier alpha value is -1.12. The number of imide groups is 1. The Bertz CT molecular complexity index is 690. The molecule has 1 aromatic carbocycles. The first-order valence-electron chi connectivity index (χ1n) is 9.18. The van der Waals surface area contributed by atoms with Crippen LogP contribution in [0, 0.1) is 0 Å². The van der Waals surface area contributed by atoms with Crippen LogP contribution < -0.4 is 10.2 Å². The van der Waals surface area contributed by atoms with Gasteiger partial charge in [-0.2, -0.15) is 0 Å². The molecule has 0 aliphatic carbocycles. The highest BCUT2D eigenvalue weighted by Gasteiger charge is 2.31. The fourth-order valence-corrected chi connectivity index (χ4v) is 7.01. The number of rotatable bonds is 8.